The van der Waals surface area contributed by atoms with Crippen LogP contribution in [0.3, 0.4) is 0 Å². The highest BCUT2D eigenvalue weighted by molar-refractivity contribution is 7.09. The van der Waals surface area contributed by atoms with E-state index in [1.54, 1.807) is 16.2 Å². The van der Waals surface area contributed by atoms with Crippen molar-refractivity contribution < 1.29 is 14.7 Å². The largest absolute Gasteiger partial charge is 0.480 e. The summed E-state index contributed by atoms with van der Waals surface area (Å²) in [7, 11) is 0. The number of urea groups is 1. The molecular weight excluding hydrogens is 278 g/mol. The highest BCUT2D eigenvalue weighted by Gasteiger charge is 2.16. The summed E-state index contributed by atoms with van der Waals surface area (Å²) in [6, 6.07) is -0.367. The van der Waals surface area contributed by atoms with Gasteiger partial charge in [0, 0.05) is 17.8 Å². The highest BCUT2D eigenvalue weighted by atomic mass is 32.1. The summed E-state index contributed by atoms with van der Waals surface area (Å²) < 4.78 is 0. The van der Waals surface area contributed by atoms with Gasteiger partial charge >= 0.3 is 12.0 Å². The summed E-state index contributed by atoms with van der Waals surface area (Å²) in [5.74, 6) is -0.681. The molecule has 1 heterocycles. The van der Waals surface area contributed by atoms with Crippen molar-refractivity contribution in [3.05, 3.63) is 16.1 Å². The van der Waals surface area contributed by atoms with E-state index in [2.05, 4.69) is 24.1 Å². The molecular formula is C13H21N3O3S. The average molecular weight is 299 g/mol. The molecule has 0 radical (unpaired) electrons. The fourth-order valence-electron chi connectivity index (χ4n) is 1.64. The van der Waals surface area contributed by atoms with Crippen LogP contribution in [-0.4, -0.2) is 40.1 Å². The Hall–Kier alpha value is -1.63. The molecule has 1 aromatic heterocycles. The molecule has 0 atom stereocenters. The fraction of sp³-hybridized carbons (Fsp3) is 0.615. The zero-order valence-corrected chi connectivity index (χ0v) is 12.9. The molecule has 2 N–H and O–H groups in total. The Bertz CT molecular complexity index is 459. The van der Waals surface area contributed by atoms with Crippen LogP contribution < -0.4 is 5.32 Å². The second-order valence-corrected chi connectivity index (χ2v) is 5.70. The minimum Gasteiger partial charge on any atom is -0.480 e. The lowest BCUT2D eigenvalue weighted by atomic mass is 10.2. The number of thiazole rings is 1. The van der Waals surface area contributed by atoms with E-state index in [9.17, 15) is 9.59 Å². The van der Waals surface area contributed by atoms with E-state index < -0.39 is 5.97 Å². The Kier molecular flexibility index (Phi) is 6.44. The van der Waals surface area contributed by atoms with Crippen molar-refractivity contribution in [3.63, 3.8) is 0 Å². The number of carbonyl (C=O) groups excluding carboxylic acids is 1. The maximum absolute atomic E-state index is 11.9. The van der Waals surface area contributed by atoms with Crippen molar-refractivity contribution in [1.29, 1.82) is 0 Å². The molecule has 0 aromatic carbocycles. The number of carbonyl (C=O) groups is 2. The summed E-state index contributed by atoms with van der Waals surface area (Å²) in [4.78, 5) is 28.5. The van der Waals surface area contributed by atoms with E-state index in [0.717, 1.165) is 17.1 Å². The van der Waals surface area contributed by atoms with Crippen LogP contribution in [0.5, 0.6) is 0 Å². The second-order valence-electron chi connectivity index (χ2n) is 4.81. The number of hydrogen-bond acceptors (Lipinski definition) is 4. The molecule has 0 aliphatic carbocycles. The monoisotopic (exact) mass is 299 g/mol. The van der Waals surface area contributed by atoms with Crippen molar-refractivity contribution in [2.75, 3.05) is 13.1 Å². The Morgan fingerprint density at radius 3 is 2.70 bits per heavy atom. The molecule has 0 saturated carbocycles. The molecule has 0 aliphatic heterocycles. The van der Waals surface area contributed by atoms with Crippen molar-refractivity contribution in [3.8, 4) is 0 Å². The van der Waals surface area contributed by atoms with Gasteiger partial charge in [0.2, 0.25) is 0 Å². The average Bonchev–Trinajstić information content (AvgIpc) is 2.84. The van der Waals surface area contributed by atoms with Gasteiger partial charge in [0.1, 0.15) is 6.54 Å². The summed E-state index contributed by atoms with van der Waals surface area (Å²) >= 11 is 1.58. The first kappa shape index (κ1) is 16.4. The molecule has 20 heavy (non-hydrogen) atoms. The predicted molar refractivity (Wildman–Crippen MR) is 77.9 cm³/mol. The van der Waals surface area contributed by atoms with Crippen molar-refractivity contribution in [1.82, 2.24) is 15.2 Å². The first-order chi connectivity index (χ1) is 9.43. The number of amides is 2. The molecule has 0 bridgehead atoms. The lowest BCUT2D eigenvalue weighted by molar-refractivity contribution is -0.135. The SMILES string of the molecule is CCCN(Cc1csc(C(C)C)n1)C(=O)NCC(=O)O. The van der Waals surface area contributed by atoms with Gasteiger partial charge in [-0.1, -0.05) is 20.8 Å². The molecule has 0 unspecified atom stereocenters. The normalized spacial score (nSPS) is 10.6. The van der Waals surface area contributed by atoms with E-state index in [1.165, 1.54) is 0 Å². The number of rotatable bonds is 7. The van der Waals surface area contributed by atoms with Crippen molar-refractivity contribution in [2.45, 2.75) is 39.7 Å². The zero-order valence-electron chi connectivity index (χ0n) is 12.0. The van der Waals surface area contributed by atoms with Gasteiger partial charge in [0.25, 0.3) is 0 Å². The van der Waals surface area contributed by atoms with E-state index in [1.807, 2.05) is 12.3 Å². The molecule has 2 amide bonds. The number of aromatic nitrogens is 1. The van der Waals surface area contributed by atoms with Gasteiger partial charge in [-0.3, -0.25) is 4.79 Å². The summed E-state index contributed by atoms with van der Waals surface area (Å²) in [6.45, 7) is 6.73. The number of carboxylic acid groups (broad SMARTS) is 1. The molecule has 1 rings (SSSR count). The quantitative estimate of drug-likeness (QED) is 0.809. The second kappa shape index (κ2) is 7.84. The molecule has 0 spiro atoms. The first-order valence-corrected chi connectivity index (χ1v) is 7.50. The van der Waals surface area contributed by atoms with E-state index in [-0.39, 0.29) is 12.6 Å². The van der Waals surface area contributed by atoms with Gasteiger partial charge in [-0.15, -0.1) is 11.3 Å². The van der Waals surface area contributed by atoms with Crippen LogP contribution in [0.15, 0.2) is 5.38 Å². The van der Waals surface area contributed by atoms with Gasteiger partial charge in [-0.2, -0.15) is 0 Å². The van der Waals surface area contributed by atoms with Gasteiger partial charge in [0.05, 0.1) is 17.2 Å². The lowest BCUT2D eigenvalue weighted by Gasteiger charge is -2.21. The maximum atomic E-state index is 11.9. The third-order valence-corrected chi connectivity index (χ3v) is 3.78. The molecule has 112 valence electrons. The molecule has 6 nitrogen and oxygen atoms in total. The van der Waals surface area contributed by atoms with Gasteiger partial charge in [-0.25, -0.2) is 9.78 Å². The van der Waals surface area contributed by atoms with Crippen LogP contribution in [0.4, 0.5) is 4.79 Å². The van der Waals surface area contributed by atoms with Gasteiger partial charge in [-0.05, 0) is 6.42 Å². The smallest absolute Gasteiger partial charge is 0.323 e. The van der Waals surface area contributed by atoms with Gasteiger partial charge < -0.3 is 15.3 Å². The lowest BCUT2D eigenvalue weighted by Crippen LogP contribution is -2.42. The van der Waals surface area contributed by atoms with Crippen LogP contribution in [0.1, 0.15) is 43.8 Å². The molecule has 7 heteroatoms. The Labute approximate surface area is 122 Å². The molecule has 0 aliphatic rings. The van der Waals surface area contributed by atoms with Crippen LogP contribution in [0, 0.1) is 0 Å². The third-order valence-electron chi connectivity index (χ3n) is 2.59. The Morgan fingerprint density at radius 2 is 2.20 bits per heavy atom. The molecule has 1 aromatic rings. The van der Waals surface area contributed by atoms with Crippen LogP contribution in [0.25, 0.3) is 0 Å². The van der Waals surface area contributed by atoms with Crippen LogP contribution >= 0.6 is 11.3 Å². The summed E-state index contributed by atoms with van der Waals surface area (Å²) in [5, 5.41) is 14.0. The number of carboxylic acids is 1. The van der Waals surface area contributed by atoms with E-state index >= 15 is 0 Å². The van der Waals surface area contributed by atoms with E-state index in [4.69, 9.17) is 5.11 Å². The standard InChI is InChI=1S/C13H21N3O3S/c1-4-5-16(13(19)14-6-11(17)18)7-10-8-20-12(15-10)9(2)3/h8-9H,4-7H2,1-3H3,(H,14,19)(H,17,18). The first-order valence-electron chi connectivity index (χ1n) is 6.62. The van der Waals surface area contributed by atoms with Crippen molar-refractivity contribution in [2.24, 2.45) is 0 Å². The minimum absolute atomic E-state index is 0.367. The summed E-state index contributed by atoms with van der Waals surface area (Å²) in [5.41, 5.74) is 0.845. The van der Waals surface area contributed by atoms with Crippen LogP contribution in [-0.2, 0) is 11.3 Å². The number of hydrogen-bond donors (Lipinski definition) is 2. The number of nitrogens with one attached hydrogen (secondary N) is 1. The minimum atomic E-state index is -1.05. The predicted octanol–water partition coefficient (Wildman–Crippen LogP) is 2.27. The Balaban J connectivity index is 2.65. The van der Waals surface area contributed by atoms with Crippen molar-refractivity contribution >= 4 is 23.3 Å². The zero-order chi connectivity index (χ0) is 15.1. The number of aliphatic carboxylic acids is 1. The Morgan fingerprint density at radius 1 is 1.50 bits per heavy atom. The maximum Gasteiger partial charge on any atom is 0.323 e. The molecule has 0 fully saturated rings. The number of nitrogens with zero attached hydrogens (tertiary/aromatic N) is 2. The van der Waals surface area contributed by atoms with E-state index in [0.29, 0.717) is 19.0 Å². The van der Waals surface area contributed by atoms with Crippen LogP contribution in [0.2, 0.25) is 0 Å². The highest BCUT2D eigenvalue weighted by Crippen LogP contribution is 2.20. The molecule has 0 saturated heterocycles. The fourth-order valence-corrected chi connectivity index (χ4v) is 2.47. The third kappa shape index (κ3) is 5.16. The topological polar surface area (TPSA) is 82.5 Å². The van der Waals surface area contributed by atoms with Gasteiger partial charge in [0.15, 0.2) is 0 Å². The summed E-state index contributed by atoms with van der Waals surface area (Å²) in [6.07, 6.45) is 0.807.